The van der Waals surface area contributed by atoms with Crippen LogP contribution in [-0.4, -0.2) is 88.7 Å². The number of aliphatic imine (C=N–C) groups is 1. The number of methoxy groups -OCH3 is 2. The van der Waals surface area contributed by atoms with E-state index in [-0.39, 0.29) is 48.1 Å². The molecular weight excluding hydrogens is 721 g/mol. The maximum absolute atomic E-state index is 13.7. The van der Waals surface area contributed by atoms with Gasteiger partial charge in [-0.05, 0) is 97.8 Å². The minimum absolute atomic E-state index is 0.000454. The molecule has 7 rings (SSSR count). The molecule has 2 saturated heterocycles. The van der Waals surface area contributed by atoms with Crippen LogP contribution in [0.2, 0.25) is 0 Å². The molecule has 300 valence electrons. The van der Waals surface area contributed by atoms with Gasteiger partial charge in [-0.1, -0.05) is 45.5 Å². The normalized spacial score (nSPS) is 22.9. The lowest BCUT2D eigenvalue weighted by Crippen LogP contribution is -2.51. The summed E-state index contributed by atoms with van der Waals surface area (Å²) in [5.41, 5.74) is 7.31. The summed E-state index contributed by atoms with van der Waals surface area (Å²) in [6.07, 6.45) is 10.5. The van der Waals surface area contributed by atoms with Gasteiger partial charge in [0.1, 0.15) is 17.6 Å². The molecule has 1 aromatic heterocycles. The Kier molecular flexibility index (Phi) is 11.9. The Bertz CT molecular complexity index is 2110. The van der Waals surface area contributed by atoms with Crippen LogP contribution in [0.3, 0.4) is 0 Å². The fraction of sp³-hybridized carbons (Fsp3) is 0.556. The average Bonchev–Trinajstić information content (AvgIpc) is 4.06. The van der Waals surface area contributed by atoms with Gasteiger partial charge in [0.25, 0.3) is 0 Å². The number of carbonyl (C=O) groups excluding carboxylic acids is 4. The Morgan fingerprint density at radius 1 is 0.842 bits per heavy atom. The van der Waals surface area contributed by atoms with Crippen LogP contribution >= 0.6 is 0 Å². The van der Waals surface area contributed by atoms with Gasteiger partial charge in [0.05, 0.1) is 44.8 Å². The number of aromatic amines is 1. The van der Waals surface area contributed by atoms with Crippen LogP contribution in [0.15, 0.2) is 35.1 Å². The molecule has 3 fully saturated rings. The number of alkyl carbamates (subject to hydrolysis) is 1. The summed E-state index contributed by atoms with van der Waals surface area (Å²) in [5.74, 6) is 14.3. The number of esters is 1. The summed E-state index contributed by atoms with van der Waals surface area (Å²) in [6.45, 7) is 9.01. The van der Waals surface area contributed by atoms with Crippen molar-refractivity contribution >= 4 is 29.6 Å². The molecule has 3 unspecified atom stereocenters. The van der Waals surface area contributed by atoms with E-state index in [1.165, 1.54) is 25.3 Å². The van der Waals surface area contributed by atoms with Crippen LogP contribution in [0.1, 0.15) is 137 Å². The lowest BCUT2D eigenvalue weighted by atomic mass is 9.85. The zero-order chi connectivity index (χ0) is 40.4. The summed E-state index contributed by atoms with van der Waals surface area (Å²) in [5, 5.41) is 2.70. The van der Waals surface area contributed by atoms with E-state index in [0.29, 0.717) is 42.9 Å². The number of fused-ring (bicyclic) bond motifs is 5. The molecule has 2 aromatic rings. The van der Waals surface area contributed by atoms with Crippen molar-refractivity contribution in [2.24, 2.45) is 22.7 Å². The average molecular weight is 775 g/mol. The van der Waals surface area contributed by atoms with Gasteiger partial charge in [0.15, 0.2) is 0 Å². The van der Waals surface area contributed by atoms with Gasteiger partial charge in [0.2, 0.25) is 11.8 Å². The molecule has 4 heterocycles. The highest BCUT2D eigenvalue weighted by Crippen LogP contribution is 2.55. The van der Waals surface area contributed by atoms with Crippen molar-refractivity contribution in [2.75, 3.05) is 27.3 Å². The van der Waals surface area contributed by atoms with Crippen molar-refractivity contribution < 1.29 is 28.7 Å². The van der Waals surface area contributed by atoms with E-state index in [2.05, 4.69) is 51.1 Å². The first-order valence-corrected chi connectivity index (χ1v) is 20.5. The highest BCUT2D eigenvalue weighted by Gasteiger charge is 2.41. The van der Waals surface area contributed by atoms with Crippen LogP contribution in [-0.2, 0) is 23.9 Å². The molecule has 2 aliphatic carbocycles. The van der Waals surface area contributed by atoms with Crippen molar-refractivity contribution in [2.45, 2.75) is 115 Å². The first kappa shape index (κ1) is 39.9. The van der Waals surface area contributed by atoms with Gasteiger partial charge in [-0.3, -0.25) is 19.4 Å². The van der Waals surface area contributed by atoms with E-state index in [4.69, 9.17) is 14.5 Å². The molecular formula is C45H54N6O6. The number of rotatable bonds is 9. The van der Waals surface area contributed by atoms with Gasteiger partial charge in [-0.15, -0.1) is 0 Å². The third kappa shape index (κ3) is 8.23. The van der Waals surface area contributed by atoms with Crippen LogP contribution in [0.25, 0.3) is 0 Å². The maximum Gasteiger partial charge on any atom is 0.407 e. The first-order valence-electron chi connectivity index (χ1n) is 20.5. The Balaban J connectivity index is 1.04. The van der Waals surface area contributed by atoms with Crippen molar-refractivity contribution in [1.29, 1.82) is 0 Å². The predicted octanol–water partition coefficient (Wildman–Crippen LogP) is 6.12. The van der Waals surface area contributed by atoms with Crippen molar-refractivity contribution in [1.82, 2.24) is 25.1 Å². The molecule has 12 heteroatoms. The third-order valence-electron chi connectivity index (χ3n) is 12.5. The monoisotopic (exact) mass is 774 g/mol. The number of ether oxygens (including phenoxy) is 2. The van der Waals surface area contributed by atoms with E-state index in [1.54, 1.807) is 11.1 Å². The lowest BCUT2D eigenvalue weighted by molar-refractivity contribution is -0.148. The Labute approximate surface area is 335 Å². The fourth-order valence-electron chi connectivity index (χ4n) is 9.47. The number of carbonyl (C=O) groups is 4. The van der Waals surface area contributed by atoms with E-state index in [9.17, 15) is 19.2 Å². The zero-order valence-electron chi connectivity index (χ0n) is 33.9. The van der Waals surface area contributed by atoms with Gasteiger partial charge in [0, 0.05) is 48.1 Å². The van der Waals surface area contributed by atoms with Gasteiger partial charge >= 0.3 is 12.1 Å². The number of H-pyrrole nitrogens is 1. The number of imidazole rings is 1. The van der Waals surface area contributed by atoms with Crippen molar-refractivity contribution in [3.05, 3.63) is 63.9 Å². The third-order valence-corrected chi connectivity index (χ3v) is 12.5. The second kappa shape index (κ2) is 17.0. The first-order chi connectivity index (χ1) is 27.5. The largest absolute Gasteiger partial charge is 0.469 e. The standard InChI is InChI=1S/C45H54N6O6/c1-26(2)34(23-38(52)56-5)43(53)50-19-7-9-36(50)35-21-28(24-46-35)11-12-29-13-14-30(40-32-16-15-31(22-32)39(29)40)17-18-33-25-47-42(48-33)37-10-8-20-51(37)44(54)41(27(3)4)49-45(55)57-6/h13-14,24-27,31-32,34,36-37,41H,7-10,15-16,19-23H2,1-6H3,(H,47,48)(H,49,55)/t31?,32?,34-,36?,37-,41-/m0/s1. The van der Waals surface area contributed by atoms with E-state index in [1.807, 2.05) is 38.8 Å². The molecule has 3 aliphatic heterocycles. The second-order valence-corrected chi connectivity index (χ2v) is 16.7. The fourth-order valence-corrected chi connectivity index (χ4v) is 9.47. The Morgan fingerprint density at radius 2 is 1.49 bits per heavy atom. The summed E-state index contributed by atoms with van der Waals surface area (Å²) in [6, 6.07) is 3.20. The number of hydrogen-bond acceptors (Lipinski definition) is 8. The van der Waals surface area contributed by atoms with E-state index in [0.717, 1.165) is 67.4 Å². The zero-order valence-corrected chi connectivity index (χ0v) is 33.9. The molecule has 1 aromatic carbocycles. The quantitative estimate of drug-likeness (QED) is 0.231. The predicted molar refractivity (Wildman–Crippen MR) is 215 cm³/mol. The topological polar surface area (TPSA) is 146 Å². The SMILES string of the molecule is COC(=O)C[C@H](C(=O)N1CCCC1C1=NC=C(C#Cc2ccc(C#Cc3cnc([C@@H]4CCCN4C(=O)[C@@H](NC(=O)OC)C(C)C)[nH]3)c3c2C2CCC3C2)C1)C(C)C. The van der Waals surface area contributed by atoms with Gasteiger partial charge < -0.3 is 29.6 Å². The number of amides is 3. The number of nitrogens with one attached hydrogen (secondary N) is 2. The minimum Gasteiger partial charge on any atom is -0.469 e. The summed E-state index contributed by atoms with van der Waals surface area (Å²) < 4.78 is 9.65. The highest BCUT2D eigenvalue weighted by molar-refractivity contribution is 5.98. The molecule has 5 aliphatic rings. The molecule has 2 bridgehead atoms. The molecule has 12 nitrogen and oxygen atoms in total. The number of nitrogens with zero attached hydrogens (tertiary/aromatic N) is 4. The van der Waals surface area contributed by atoms with Crippen molar-refractivity contribution in [3.63, 3.8) is 0 Å². The molecule has 6 atom stereocenters. The van der Waals surface area contributed by atoms with Crippen molar-refractivity contribution in [3.8, 4) is 23.7 Å². The Hall–Kier alpha value is -5.36. The summed E-state index contributed by atoms with van der Waals surface area (Å²) in [4.78, 5) is 67.8. The molecule has 57 heavy (non-hydrogen) atoms. The van der Waals surface area contributed by atoms with E-state index < -0.39 is 18.1 Å². The van der Waals surface area contributed by atoms with Crippen LogP contribution in [0, 0.1) is 41.4 Å². The summed E-state index contributed by atoms with van der Waals surface area (Å²) in [7, 11) is 2.65. The number of likely N-dealkylation sites (tertiary alicyclic amines) is 2. The number of hydrogen-bond donors (Lipinski definition) is 2. The number of allylic oxidation sites excluding steroid dienone is 1. The molecule has 0 spiro atoms. The van der Waals surface area contributed by atoms with Crippen LogP contribution in [0.4, 0.5) is 4.79 Å². The van der Waals surface area contributed by atoms with E-state index >= 15 is 0 Å². The van der Waals surface area contributed by atoms with Crippen LogP contribution < -0.4 is 5.32 Å². The second-order valence-electron chi connectivity index (χ2n) is 16.7. The maximum atomic E-state index is 13.7. The minimum atomic E-state index is -0.692. The van der Waals surface area contributed by atoms with Crippen LogP contribution in [0.5, 0.6) is 0 Å². The lowest BCUT2D eigenvalue weighted by Gasteiger charge is -2.30. The molecule has 3 amide bonds. The molecule has 1 saturated carbocycles. The molecule has 2 N–H and O–H groups in total. The molecule has 0 radical (unpaired) electrons. The highest BCUT2D eigenvalue weighted by atomic mass is 16.5. The number of benzene rings is 1. The summed E-state index contributed by atoms with van der Waals surface area (Å²) >= 11 is 0. The van der Waals surface area contributed by atoms with Gasteiger partial charge in [-0.2, -0.15) is 0 Å². The number of aromatic nitrogens is 2. The Morgan fingerprint density at radius 3 is 2.12 bits per heavy atom. The smallest absolute Gasteiger partial charge is 0.407 e. The van der Waals surface area contributed by atoms with Gasteiger partial charge in [-0.25, -0.2) is 9.78 Å².